The molecule has 7 nitrogen and oxygen atoms in total. The number of hydrogen-bond acceptors (Lipinski definition) is 7. The van der Waals surface area contributed by atoms with Crippen LogP contribution in [0.1, 0.15) is 18.1 Å². The van der Waals surface area contributed by atoms with Gasteiger partial charge in [0.2, 0.25) is 0 Å². The lowest BCUT2D eigenvalue weighted by atomic mass is 10.2. The third-order valence-electron chi connectivity index (χ3n) is 5.17. The first kappa shape index (κ1) is 25.5. The van der Waals surface area contributed by atoms with Gasteiger partial charge in [0.25, 0.3) is 5.91 Å². The van der Waals surface area contributed by atoms with Crippen LogP contribution in [-0.2, 0) is 11.4 Å². The van der Waals surface area contributed by atoms with Gasteiger partial charge in [0.15, 0.2) is 16.7 Å². The molecule has 0 bridgehead atoms. The molecule has 0 atom stereocenters. The van der Waals surface area contributed by atoms with Crippen molar-refractivity contribution in [2.24, 2.45) is 4.99 Å². The summed E-state index contributed by atoms with van der Waals surface area (Å²) in [5, 5.41) is 3.90. The molecule has 1 heterocycles. The van der Waals surface area contributed by atoms with E-state index < -0.39 is 0 Å². The second-order valence-electron chi connectivity index (χ2n) is 7.54. The standard InChI is InChI=1S/C27H25ClN2O5S/c1-4-34-24-13-17(9-12-22(24)35-16-18-7-5-6-8-20(18)28)14-25-26(31)30-27(36-25)29-21-11-10-19(32-2)15-23(21)33-3/h5-15H,4,16H2,1-3H3,(H,29,30,31)/b25-14-. The largest absolute Gasteiger partial charge is 0.497 e. The maximum absolute atomic E-state index is 12.6. The Morgan fingerprint density at radius 3 is 2.56 bits per heavy atom. The van der Waals surface area contributed by atoms with Crippen LogP contribution in [0.15, 0.2) is 70.6 Å². The summed E-state index contributed by atoms with van der Waals surface area (Å²) in [7, 11) is 3.14. The Kier molecular flexibility index (Phi) is 8.40. The van der Waals surface area contributed by atoms with E-state index in [1.165, 1.54) is 11.8 Å². The van der Waals surface area contributed by atoms with Gasteiger partial charge in [-0.1, -0.05) is 35.9 Å². The molecular formula is C27H25ClN2O5S. The maximum atomic E-state index is 12.6. The van der Waals surface area contributed by atoms with Crippen LogP contribution in [0.3, 0.4) is 0 Å². The second-order valence-corrected chi connectivity index (χ2v) is 8.98. The zero-order chi connectivity index (χ0) is 25.5. The maximum Gasteiger partial charge on any atom is 0.264 e. The van der Waals surface area contributed by atoms with Crippen molar-refractivity contribution in [3.8, 4) is 23.0 Å². The summed E-state index contributed by atoms with van der Waals surface area (Å²) < 4.78 is 22.4. The summed E-state index contributed by atoms with van der Waals surface area (Å²) >= 11 is 7.48. The van der Waals surface area contributed by atoms with Crippen molar-refractivity contribution < 1.29 is 23.7 Å². The molecular weight excluding hydrogens is 500 g/mol. The van der Waals surface area contributed by atoms with Crippen LogP contribution in [0.25, 0.3) is 6.08 Å². The third-order valence-corrected chi connectivity index (χ3v) is 6.44. The molecule has 0 spiro atoms. The first-order chi connectivity index (χ1) is 17.5. The predicted octanol–water partition coefficient (Wildman–Crippen LogP) is 6.23. The highest BCUT2D eigenvalue weighted by molar-refractivity contribution is 8.18. The molecule has 0 unspecified atom stereocenters. The Labute approximate surface area is 219 Å². The molecule has 1 fully saturated rings. The Hall–Kier alpha value is -3.62. The van der Waals surface area contributed by atoms with Crippen molar-refractivity contribution in [3.63, 3.8) is 0 Å². The van der Waals surface area contributed by atoms with Crippen molar-refractivity contribution in [1.29, 1.82) is 0 Å². The number of nitrogens with zero attached hydrogens (tertiary/aromatic N) is 1. The molecule has 1 amide bonds. The lowest BCUT2D eigenvalue weighted by molar-refractivity contribution is -0.115. The summed E-state index contributed by atoms with van der Waals surface area (Å²) in [5.41, 5.74) is 2.26. The SMILES string of the molecule is CCOc1cc(/C=C2\SC(=Nc3ccc(OC)cc3OC)NC2=O)ccc1OCc1ccccc1Cl. The molecule has 1 N–H and O–H groups in total. The molecule has 0 aromatic heterocycles. The minimum atomic E-state index is -0.233. The first-order valence-electron chi connectivity index (χ1n) is 11.2. The minimum Gasteiger partial charge on any atom is -0.497 e. The second kappa shape index (κ2) is 11.9. The summed E-state index contributed by atoms with van der Waals surface area (Å²) in [5.74, 6) is 2.14. The van der Waals surface area contributed by atoms with E-state index in [-0.39, 0.29) is 5.91 Å². The highest BCUT2D eigenvalue weighted by atomic mass is 35.5. The zero-order valence-corrected chi connectivity index (χ0v) is 21.6. The highest BCUT2D eigenvalue weighted by Gasteiger charge is 2.24. The van der Waals surface area contributed by atoms with E-state index in [4.69, 9.17) is 30.5 Å². The molecule has 1 aliphatic heterocycles. The van der Waals surface area contributed by atoms with Crippen LogP contribution >= 0.6 is 23.4 Å². The molecule has 0 radical (unpaired) electrons. The quantitative estimate of drug-likeness (QED) is 0.334. The lowest BCUT2D eigenvalue weighted by Crippen LogP contribution is -2.19. The van der Waals surface area contributed by atoms with Crippen molar-refractivity contribution >= 4 is 46.2 Å². The molecule has 4 rings (SSSR count). The Morgan fingerprint density at radius 2 is 1.81 bits per heavy atom. The zero-order valence-electron chi connectivity index (χ0n) is 20.0. The lowest BCUT2D eigenvalue weighted by Gasteiger charge is -2.13. The van der Waals surface area contributed by atoms with E-state index in [0.29, 0.717) is 57.0 Å². The van der Waals surface area contributed by atoms with E-state index in [0.717, 1.165) is 11.1 Å². The van der Waals surface area contributed by atoms with Gasteiger partial charge in [-0.15, -0.1) is 0 Å². The van der Waals surface area contributed by atoms with Crippen LogP contribution in [0.2, 0.25) is 5.02 Å². The van der Waals surface area contributed by atoms with Gasteiger partial charge in [0.1, 0.15) is 23.8 Å². The van der Waals surface area contributed by atoms with Gasteiger partial charge in [0.05, 0.1) is 25.7 Å². The number of methoxy groups -OCH3 is 2. The third kappa shape index (κ3) is 6.13. The van der Waals surface area contributed by atoms with Crippen LogP contribution in [0.4, 0.5) is 5.69 Å². The Morgan fingerprint density at radius 1 is 0.972 bits per heavy atom. The van der Waals surface area contributed by atoms with Gasteiger partial charge in [-0.3, -0.25) is 4.79 Å². The number of aliphatic imine (C=N–C) groups is 1. The molecule has 1 saturated heterocycles. The fourth-order valence-electron chi connectivity index (χ4n) is 3.39. The first-order valence-corrected chi connectivity index (χ1v) is 12.3. The summed E-state index contributed by atoms with van der Waals surface area (Å²) in [4.78, 5) is 17.6. The van der Waals surface area contributed by atoms with Crippen molar-refractivity contribution in [3.05, 3.63) is 81.7 Å². The number of carbonyl (C=O) groups excluding carboxylic acids is 1. The predicted molar refractivity (Wildman–Crippen MR) is 144 cm³/mol. The fraction of sp³-hybridized carbons (Fsp3) is 0.185. The molecule has 3 aromatic carbocycles. The molecule has 0 aliphatic carbocycles. The van der Waals surface area contributed by atoms with Crippen molar-refractivity contribution in [2.75, 3.05) is 20.8 Å². The van der Waals surface area contributed by atoms with Gasteiger partial charge in [-0.05, 0) is 60.7 Å². The smallest absolute Gasteiger partial charge is 0.264 e. The molecule has 9 heteroatoms. The Bertz CT molecular complexity index is 1330. The number of amides is 1. The van der Waals surface area contributed by atoms with Gasteiger partial charge < -0.3 is 24.3 Å². The van der Waals surface area contributed by atoms with Crippen LogP contribution < -0.4 is 24.3 Å². The summed E-state index contributed by atoms with van der Waals surface area (Å²) in [6, 6.07) is 18.4. The van der Waals surface area contributed by atoms with Crippen LogP contribution in [0, 0.1) is 0 Å². The number of benzene rings is 3. The molecule has 3 aromatic rings. The van der Waals surface area contributed by atoms with Crippen molar-refractivity contribution in [1.82, 2.24) is 5.32 Å². The molecule has 1 aliphatic rings. The minimum absolute atomic E-state index is 0.233. The number of ether oxygens (including phenoxy) is 4. The Balaban J connectivity index is 1.53. The van der Waals surface area contributed by atoms with Crippen LogP contribution in [0.5, 0.6) is 23.0 Å². The summed E-state index contributed by atoms with van der Waals surface area (Å²) in [6.45, 7) is 2.69. The average molecular weight is 525 g/mol. The molecule has 36 heavy (non-hydrogen) atoms. The van der Waals surface area contributed by atoms with E-state index in [1.807, 2.05) is 49.4 Å². The van der Waals surface area contributed by atoms with Gasteiger partial charge in [-0.2, -0.15) is 0 Å². The topological polar surface area (TPSA) is 78.4 Å². The number of hydrogen-bond donors (Lipinski definition) is 1. The number of thioether (sulfide) groups is 1. The monoisotopic (exact) mass is 524 g/mol. The number of nitrogens with one attached hydrogen (secondary N) is 1. The van der Waals surface area contributed by atoms with E-state index in [9.17, 15) is 4.79 Å². The fourth-order valence-corrected chi connectivity index (χ4v) is 4.42. The van der Waals surface area contributed by atoms with Gasteiger partial charge in [0, 0.05) is 16.7 Å². The number of rotatable bonds is 9. The normalized spacial score (nSPS) is 15.2. The number of halogens is 1. The number of amidine groups is 1. The van der Waals surface area contributed by atoms with Crippen LogP contribution in [-0.4, -0.2) is 31.9 Å². The van der Waals surface area contributed by atoms with Gasteiger partial charge >= 0.3 is 0 Å². The molecule has 0 saturated carbocycles. The number of carbonyl (C=O) groups is 1. The van der Waals surface area contributed by atoms with Gasteiger partial charge in [-0.25, -0.2) is 4.99 Å². The van der Waals surface area contributed by atoms with E-state index in [2.05, 4.69) is 10.3 Å². The average Bonchev–Trinajstić information content (AvgIpc) is 3.23. The van der Waals surface area contributed by atoms with Crippen molar-refractivity contribution in [2.45, 2.75) is 13.5 Å². The van der Waals surface area contributed by atoms with E-state index >= 15 is 0 Å². The van der Waals surface area contributed by atoms with E-state index in [1.54, 1.807) is 38.5 Å². The molecule has 186 valence electrons. The summed E-state index contributed by atoms with van der Waals surface area (Å²) in [6.07, 6.45) is 1.79. The highest BCUT2D eigenvalue weighted by Crippen LogP contribution is 2.36.